The summed E-state index contributed by atoms with van der Waals surface area (Å²) < 4.78 is 33.9. The van der Waals surface area contributed by atoms with Crippen molar-refractivity contribution < 1.29 is 32.6 Å². The van der Waals surface area contributed by atoms with Gasteiger partial charge in [0.25, 0.3) is 0 Å². The first-order valence-electron chi connectivity index (χ1n) is 8.80. The first-order chi connectivity index (χ1) is 14.2. The highest BCUT2D eigenvalue weighted by atomic mass is 32.2. The van der Waals surface area contributed by atoms with Crippen LogP contribution in [-0.2, 0) is 15.0 Å². The predicted molar refractivity (Wildman–Crippen MR) is 108 cm³/mol. The number of amides is 1. The normalized spacial score (nSPS) is 15.0. The van der Waals surface area contributed by atoms with Crippen LogP contribution in [0, 0.1) is 0 Å². The molecular formula is C19H19N3O7S. The summed E-state index contributed by atoms with van der Waals surface area (Å²) in [6, 6.07) is 10.1. The van der Waals surface area contributed by atoms with Crippen molar-refractivity contribution in [2.24, 2.45) is 0 Å². The van der Waals surface area contributed by atoms with E-state index in [4.69, 9.17) is 9.84 Å². The largest absolute Gasteiger partial charge is 0.495 e. The number of carbonyl (C=O) groups is 3. The summed E-state index contributed by atoms with van der Waals surface area (Å²) in [6.45, 7) is -0.193. The van der Waals surface area contributed by atoms with E-state index >= 15 is 0 Å². The molecule has 1 aliphatic rings. The number of hydrogen-bond donors (Lipinski definition) is 2. The molecule has 0 aromatic heterocycles. The van der Waals surface area contributed by atoms with Crippen molar-refractivity contribution >= 4 is 39.7 Å². The van der Waals surface area contributed by atoms with E-state index in [2.05, 4.69) is 4.72 Å². The summed E-state index contributed by atoms with van der Waals surface area (Å²) in [5, 5.41) is 9.05. The molecule has 30 heavy (non-hydrogen) atoms. The molecule has 2 aromatic carbocycles. The van der Waals surface area contributed by atoms with Gasteiger partial charge in [0.15, 0.2) is 0 Å². The van der Waals surface area contributed by atoms with Crippen LogP contribution in [0.1, 0.15) is 20.7 Å². The zero-order valence-corrected chi connectivity index (χ0v) is 16.8. The molecule has 0 bridgehead atoms. The van der Waals surface area contributed by atoms with Crippen LogP contribution in [0.15, 0.2) is 42.5 Å². The van der Waals surface area contributed by atoms with Crippen LogP contribution in [0.2, 0.25) is 0 Å². The molecule has 0 spiro atoms. The molecule has 1 heterocycles. The average Bonchev–Trinajstić information content (AvgIpc) is 2.73. The Bertz CT molecular complexity index is 1080. The zero-order valence-electron chi connectivity index (χ0n) is 15.9. The Labute approximate surface area is 172 Å². The highest BCUT2D eigenvalue weighted by molar-refractivity contribution is 7.90. The summed E-state index contributed by atoms with van der Waals surface area (Å²) in [4.78, 5) is 35.8. The van der Waals surface area contributed by atoms with E-state index in [0.29, 0.717) is 17.5 Å². The van der Waals surface area contributed by atoms with E-state index < -0.39 is 22.1 Å². The van der Waals surface area contributed by atoms with Gasteiger partial charge in [-0.1, -0.05) is 0 Å². The summed E-state index contributed by atoms with van der Waals surface area (Å²) >= 11 is 0. The van der Waals surface area contributed by atoms with Crippen LogP contribution in [0.3, 0.4) is 0 Å². The van der Waals surface area contributed by atoms with Crippen molar-refractivity contribution in [1.82, 2.24) is 4.31 Å². The van der Waals surface area contributed by atoms with Crippen LogP contribution in [0.5, 0.6) is 5.75 Å². The lowest BCUT2D eigenvalue weighted by Gasteiger charge is -2.33. The van der Waals surface area contributed by atoms with Crippen molar-refractivity contribution in [1.29, 1.82) is 0 Å². The zero-order chi connectivity index (χ0) is 21.9. The first kappa shape index (κ1) is 21.3. The van der Waals surface area contributed by atoms with Gasteiger partial charge in [0.05, 0.1) is 24.9 Å². The second kappa shape index (κ2) is 8.51. The number of aromatic carboxylic acids is 1. The van der Waals surface area contributed by atoms with Crippen LogP contribution in [0.4, 0.5) is 11.4 Å². The number of carbonyl (C=O) groups excluding carboxylic acids is 2. The molecule has 2 aromatic rings. The fraction of sp³-hybridized carbons (Fsp3) is 0.211. The monoisotopic (exact) mass is 433 g/mol. The molecule has 11 heteroatoms. The van der Waals surface area contributed by atoms with Crippen LogP contribution < -0.4 is 14.4 Å². The molecule has 3 rings (SSSR count). The number of carboxylic acids is 1. The van der Waals surface area contributed by atoms with E-state index in [1.165, 1.54) is 30.2 Å². The Balaban J connectivity index is 1.74. The second-order valence-corrected chi connectivity index (χ2v) is 8.09. The van der Waals surface area contributed by atoms with Gasteiger partial charge >= 0.3 is 16.2 Å². The minimum Gasteiger partial charge on any atom is -0.495 e. The molecule has 0 radical (unpaired) electrons. The predicted octanol–water partition coefficient (Wildman–Crippen LogP) is 1.21. The Hall–Kier alpha value is -3.44. The van der Waals surface area contributed by atoms with Gasteiger partial charge in [-0.25, -0.2) is 4.79 Å². The lowest BCUT2D eigenvalue weighted by atomic mass is 10.2. The van der Waals surface area contributed by atoms with Crippen molar-refractivity contribution in [2.45, 2.75) is 0 Å². The molecule has 0 atom stereocenters. The number of hydrogen-bond acceptors (Lipinski definition) is 6. The van der Waals surface area contributed by atoms with E-state index in [-0.39, 0.29) is 36.6 Å². The minimum atomic E-state index is -4.09. The topological polar surface area (TPSA) is 133 Å². The molecule has 158 valence electrons. The Kier molecular flexibility index (Phi) is 6.04. The van der Waals surface area contributed by atoms with Crippen molar-refractivity contribution in [2.75, 3.05) is 36.4 Å². The number of benzene rings is 2. The van der Waals surface area contributed by atoms with Gasteiger partial charge < -0.3 is 14.7 Å². The van der Waals surface area contributed by atoms with E-state index in [0.717, 1.165) is 4.31 Å². The number of nitrogens with one attached hydrogen (secondary N) is 1. The van der Waals surface area contributed by atoms with E-state index in [9.17, 15) is 22.8 Å². The van der Waals surface area contributed by atoms with Gasteiger partial charge in [-0.15, -0.1) is 0 Å². The average molecular weight is 433 g/mol. The fourth-order valence-corrected chi connectivity index (χ4v) is 4.15. The molecule has 0 saturated carbocycles. The molecule has 1 aliphatic heterocycles. The highest BCUT2D eigenvalue weighted by Crippen LogP contribution is 2.28. The fourth-order valence-electron chi connectivity index (χ4n) is 2.97. The third-order valence-electron chi connectivity index (χ3n) is 4.55. The van der Waals surface area contributed by atoms with Crippen LogP contribution in [0.25, 0.3) is 0 Å². The highest BCUT2D eigenvalue weighted by Gasteiger charge is 2.33. The van der Waals surface area contributed by atoms with Gasteiger partial charge in [0.1, 0.15) is 12.0 Å². The lowest BCUT2D eigenvalue weighted by Crippen LogP contribution is -2.53. The Morgan fingerprint density at radius 3 is 2.43 bits per heavy atom. The van der Waals surface area contributed by atoms with Crippen molar-refractivity contribution in [3.8, 4) is 5.75 Å². The molecule has 1 amide bonds. The summed E-state index contributed by atoms with van der Waals surface area (Å²) in [5.41, 5.74) is 1.04. The lowest BCUT2D eigenvalue weighted by molar-refractivity contribution is -0.119. The quantitative estimate of drug-likeness (QED) is 0.627. The third kappa shape index (κ3) is 4.42. The Morgan fingerprint density at radius 1 is 1.17 bits per heavy atom. The van der Waals surface area contributed by atoms with Crippen LogP contribution in [-0.4, -0.2) is 62.7 Å². The molecule has 1 saturated heterocycles. The van der Waals surface area contributed by atoms with Gasteiger partial charge in [0, 0.05) is 24.3 Å². The van der Waals surface area contributed by atoms with Gasteiger partial charge in [-0.2, -0.15) is 12.7 Å². The van der Waals surface area contributed by atoms with Crippen LogP contribution >= 0.6 is 0 Å². The van der Waals surface area contributed by atoms with Crippen molar-refractivity contribution in [3.63, 3.8) is 0 Å². The first-order valence-corrected chi connectivity index (χ1v) is 10.2. The smallest absolute Gasteiger partial charge is 0.335 e. The maximum absolute atomic E-state index is 12.7. The third-order valence-corrected chi connectivity index (χ3v) is 6.02. The van der Waals surface area contributed by atoms with E-state index in [1.807, 2.05) is 0 Å². The van der Waals surface area contributed by atoms with Crippen molar-refractivity contribution in [3.05, 3.63) is 53.6 Å². The standard InChI is InChI=1S/C19H19N3O7S/c1-29-17-10-14(19(25)26)4-7-16(17)20-30(27,28)21-8-9-22(18(24)11-21)15-5-2-13(12-23)3-6-15/h2-7,10,12,20H,8-9,11H2,1H3,(H,25,26). The summed E-state index contributed by atoms with van der Waals surface area (Å²) in [5.74, 6) is -1.55. The number of ether oxygens (including phenoxy) is 1. The number of aldehydes is 1. The number of nitrogens with zero attached hydrogens (tertiary/aromatic N) is 2. The summed E-state index contributed by atoms with van der Waals surface area (Å²) in [6.07, 6.45) is 0.694. The molecule has 0 unspecified atom stereocenters. The van der Waals surface area contributed by atoms with E-state index in [1.54, 1.807) is 24.3 Å². The minimum absolute atomic E-state index is 0.0405. The SMILES string of the molecule is COc1cc(C(=O)O)ccc1NS(=O)(=O)N1CCN(c2ccc(C=O)cc2)C(=O)C1. The molecule has 0 aliphatic carbocycles. The maximum atomic E-state index is 12.7. The number of rotatable bonds is 7. The second-order valence-electron chi connectivity index (χ2n) is 6.42. The number of piperazine rings is 1. The maximum Gasteiger partial charge on any atom is 0.335 e. The molecular weight excluding hydrogens is 414 g/mol. The molecule has 1 fully saturated rings. The number of anilines is 2. The number of carboxylic acid groups (broad SMARTS) is 1. The van der Waals surface area contributed by atoms with Gasteiger partial charge in [-0.3, -0.25) is 14.3 Å². The van der Waals surface area contributed by atoms with Gasteiger partial charge in [-0.05, 0) is 42.5 Å². The van der Waals surface area contributed by atoms with Gasteiger partial charge in [0.2, 0.25) is 5.91 Å². The molecule has 2 N–H and O–H groups in total. The molecule has 10 nitrogen and oxygen atoms in total. The summed E-state index contributed by atoms with van der Waals surface area (Å²) in [7, 11) is -2.80. The number of methoxy groups -OCH3 is 1. The Morgan fingerprint density at radius 2 is 1.87 bits per heavy atom.